The second-order valence-corrected chi connectivity index (χ2v) is 4.71. The maximum absolute atomic E-state index is 11.9. The van der Waals surface area contributed by atoms with Crippen molar-refractivity contribution in [3.8, 4) is 6.07 Å². The Kier molecular flexibility index (Phi) is 2.95. The van der Waals surface area contributed by atoms with Crippen molar-refractivity contribution in [3.05, 3.63) is 44.8 Å². The van der Waals surface area contributed by atoms with Crippen LogP contribution in [0.15, 0.2) is 34.3 Å². The van der Waals surface area contributed by atoms with E-state index >= 15 is 0 Å². The predicted octanol–water partition coefficient (Wildman–Crippen LogP) is 3.30. The molecule has 0 N–H and O–H groups in total. The first-order valence-corrected chi connectivity index (χ1v) is 6.14. The van der Waals surface area contributed by atoms with E-state index in [2.05, 4.69) is 6.07 Å². The Morgan fingerprint density at radius 1 is 1.40 bits per heavy atom. The third kappa shape index (κ3) is 1.99. The van der Waals surface area contributed by atoms with Gasteiger partial charge in [0.15, 0.2) is 5.78 Å². The summed E-state index contributed by atoms with van der Waals surface area (Å²) >= 11 is 2.91. The first kappa shape index (κ1) is 10.1. The minimum absolute atomic E-state index is 0.110. The van der Waals surface area contributed by atoms with Crippen molar-refractivity contribution in [2.75, 3.05) is 0 Å². The summed E-state index contributed by atoms with van der Waals surface area (Å²) in [4.78, 5) is 12.7. The molecule has 0 saturated carbocycles. The molecule has 0 aliphatic heterocycles. The molecular weight excluding hydrogens is 226 g/mol. The molecule has 0 spiro atoms. The minimum atomic E-state index is -0.653. The van der Waals surface area contributed by atoms with Crippen molar-refractivity contribution in [2.24, 2.45) is 0 Å². The summed E-state index contributed by atoms with van der Waals surface area (Å²) in [6, 6.07) is 7.49. The van der Waals surface area contributed by atoms with Crippen molar-refractivity contribution in [2.45, 2.75) is 5.92 Å². The van der Waals surface area contributed by atoms with Crippen LogP contribution in [0.25, 0.3) is 0 Å². The van der Waals surface area contributed by atoms with Crippen molar-refractivity contribution in [3.63, 3.8) is 0 Å². The molecule has 0 aliphatic rings. The Morgan fingerprint density at radius 3 is 2.80 bits per heavy atom. The molecule has 2 nitrogen and oxygen atoms in total. The summed E-state index contributed by atoms with van der Waals surface area (Å²) in [5, 5.41) is 14.5. The monoisotopic (exact) mass is 233 g/mol. The van der Waals surface area contributed by atoms with Gasteiger partial charge in [-0.25, -0.2) is 0 Å². The number of rotatable bonds is 3. The number of hydrogen-bond donors (Lipinski definition) is 0. The molecule has 2 aromatic heterocycles. The second-order valence-electron chi connectivity index (χ2n) is 2.95. The van der Waals surface area contributed by atoms with Crippen LogP contribution in [0.1, 0.15) is 21.2 Å². The topological polar surface area (TPSA) is 40.9 Å². The molecule has 2 aromatic rings. The molecule has 0 fully saturated rings. The molecule has 4 heteroatoms. The molecule has 1 atom stereocenters. The SMILES string of the molecule is N#CC(C(=O)c1ccsc1)c1cccs1. The van der Waals surface area contributed by atoms with Gasteiger partial charge in [0.05, 0.1) is 6.07 Å². The Hall–Kier alpha value is -1.44. The Labute approximate surface area is 95.4 Å². The fourth-order valence-corrected chi connectivity index (χ4v) is 2.69. The van der Waals surface area contributed by atoms with Crippen LogP contribution in [0.2, 0.25) is 0 Å². The Balaban J connectivity index is 2.30. The number of Topliss-reactive ketones (excluding diaryl/α,β-unsaturated/α-hetero) is 1. The van der Waals surface area contributed by atoms with Gasteiger partial charge in [-0.1, -0.05) is 6.07 Å². The van der Waals surface area contributed by atoms with Crippen LogP contribution < -0.4 is 0 Å². The van der Waals surface area contributed by atoms with Gasteiger partial charge in [0.2, 0.25) is 0 Å². The van der Waals surface area contributed by atoms with E-state index in [1.54, 1.807) is 11.4 Å². The Bertz CT molecular complexity index is 479. The smallest absolute Gasteiger partial charge is 0.186 e. The highest BCUT2D eigenvalue weighted by molar-refractivity contribution is 7.10. The van der Waals surface area contributed by atoms with E-state index in [0.717, 1.165) is 4.88 Å². The molecule has 0 amide bonds. The van der Waals surface area contributed by atoms with Crippen LogP contribution >= 0.6 is 22.7 Å². The van der Waals surface area contributed by atoms with Crippen LogP contribution in [0, 0.1) is 11.3 Å². The van der Waals surface area contributed by atoms with Crippen molar-refractivity contribution in [1.29, 1.82) is 5.26 Å². The quantitative estimate of drug-likeness (QED) is 0.763. The van der Waals surface area contributed by atoms with Gasteiger partial charge < -0.3 is 0 Å². The summed E-state index contributed by atoms with van der Waals surface area (Å²) in [6.07, 6.45) is 0. The highest BCUT2D eigenvalue weighted by Crippen LogP contribution is 2.25. The Morgan fingerprint density at radius 2 is 2.27 bits per heavy atom. The average Bonchev–Trinajstić information content (AvgIpc) is 2.91. The standard InChI is InChI=1S/C11H7NOS2/c12-6-9(10-2-1-4-15-10)11(13)8-3-5-14-7-8/h1-5,7,9H. The molecule has 2 heterocycles. The van der Waals surface area contributed by atoms with Crippen LogP contribution in [0.4, 0.5) is 0 Å². The van der Waals surface area contributed by atoms with Gasteiger partial charge >= 0.3 is 0 Å². The third-order valence-electron chi connectivity index (χ3n) is 2.02. The van der Waals surface area contributed by atoms with Gasteiger partial charge in [-0.05, 0) is 22.9 Å². The predicted molar refractivity (Wildman–Crippen MR) is 61.3 cm³/mol. The summed E-state index contributed by atoms with van der Waals surface area (Å²) in [5.74, 6) is -0.763. The van der Waals surface area contributed by atoms with E-state index in [4.69, 9.17) is 5.26 Å². The molecular formula is C11H7NOS2. The van der Waals surface area contributed by atoms with Crippen molar-refractivity contribution < 1.29 is 4.79 Å². The lowest BCUT2D eigenvalue weighted by molar-refractivity contribution is 0.0980. The molecule has 0 radical (unpaired) electrons. The lowest BCUT2D eigenvalue weighted by atomic mass is 10.00. The van der Waals surface area contributed by atoms with Crippen LogP contribution in [0.5, 0.6) is 0 Å². The second kappa shape index (κ2) is 4.39. The molecule has 2 rings (SSSR count). The number of carbonyl (C=O) groups is 1. The zero-order valence-corrected chi connectivity index (χ0v) is 9.35. The third-order valence-corrected chi connectivity index (χ3v) is 3.65. The van der Waals surface area contributed by atoms with Gasteiger partial charge in [0.25, 0.3) is 0 Å². The van der Waals surface area contributed by atoms with Gasteiger partial charge in [-0.3, -0.25) is 4.79 Å². The van der Waals surface area contributed by atoms with Crippen LogP contribution in [-0.4, -0.2) is 5.78 Å². The van der Waals surface area contributed by atoms with E-state index in [0.29, 0.717) is 5.56 Å². The largest absolute Gasteiger partial charge is 0.292 e. The number of nitrogens with zero attached hydrogens (tertiary/aromatic N) is 1. The van der Waals surface area contributed by atoms with Gasteiger partial charge in [0, 0.05) is 15.8 Å². The fraction of sp³-hybridized carbons (Fsp3) is 0.0909. The minimum Gasteiger partial charge on any atom is -0.292 e. The molecule has 74 valence electrons. The molecule has 0 bridgehead atoms. The average molecular weight is 233 g/mol. The number of hydrogen-bond acceptors (Lipinski definition) is 4. The fourth-order valence-electron chi connectivity index (χ4n) is 1.28. The van der Waals surface area contributed by atoms with E-state index in [9.17, 15) is 4.79 Å². The molecule has 15 heavy (non-hydrogen) atoms. The summed E-state index contributed by atoms with van der Waals surface area (Å²) in [5.41, 5.74) is 0.625. The number of thiophene rings is 2. The van der Waals surface area contributed by atoms with E-state index in [1.807, 2.05) is 22.9 Å². The summed E-state index contributed by atoms with van der Waals surface area (Å²) < 4.78 is 0. The highest BCUT2D eigenvalue weighted by Gasteiger charge is 2.22. The van der Waals surface area contributed by atoms with E-state index in [-0.39, 0.29) is 5.78 Å². The van der Waals surface area contributed by atoms with Crippen molar-refractivity contribution in [1.82, 2.24) is 0 Å². The maximum Gasteiger partial charge on any atom is 0.186 e. The summed E-state index contributed by atoms with van der Waals surface area (Å²) in [6.45, 7) is 0. The molecule has 0 aliphatic carbocycles. The normalized spacial score (nSPS) is 11.9. The lowest BCUT2D eigenvalue weighted by Crippen LogP contribution is -2.08. The zero-order chi connectivity index (χ0) is 10.7. The number of ketones is 1. The van der Waals surface area contributed by atoms with Gasteiger partial charge in [-0.15, -0.1) is 11.3 Å². The zero-order valence-electron chi connectivity index (χ0n) is 7.71. The van der Waals surface area contributed by atoms with Crippen LogP contribution in [-0.2, 0) is 0 Å². The molecule has 1 unspecified atom stereocenters. The van der Waals surface area contributed by atoms with Crippen LogP contribution in [0.3, 0.4) is 0 Å². The van der Waals surface area contributed by atoms with Gasteiger partial charge in [0.1, 0.15) is 5.92 Å². The highest BCUT2D eigenvalue weighted by atomic mass is 32.1. The van der Waals surface area contributed by atoms with E-state index < -0.39 is 5.92 Å². The first-order valence-electron chi connectivity index (χ1n) is 4.32. The van der Waals surface area contributed by atoms with Crippen molar-refractivity contribution >= 4 is 28.5 Å². The summed E-state index contributed by atoms with van der Waals surface area (Å²) in [7, 11) is 0. The maximum atomic E-state index is 11.9. The number of carbonyl (C=O) groups excluding carboxylic acids is 1. The lowest BCUT2D eigenvalue weighted by Gasteiger charge is -2.03. The molecule has 0 aromatic carbocycles. The number of nitriles is 1. The van der Waals surface area contributed by atoms with E-state index in [1.165, 1.54) is 22.7 Å². The molecule has 0 saturated heterocycles. The van der Waals surface area contributed by atoms with Gasteiger partial charge in [-0.2, -0.15) is 16.6 Å². The first-order chi connectivity index (χ1) is 7.33.